The molecule has 1 N–H and O–H groups in total. The third kappa shape index (κ3) is 3.44. The molecular weight excluding hydrogens is 434 g/mol. The number of para-hydroxylation sites is 1. The van der Waals surface area contributed by atoms with E-state index in [1.165, 1.54) is 4.57 Å². The van der Waals surface area contributed by atoms with E-state index in [9.17, 15) is 9.59 Å². The van der Waals surface area contributed by atoms with Gasteiger partial charge in [0.15, 0.2) is 17.6 Å². The fourth-order valence-corrected chi connectivity index (χ4v) is 4.45. The molecule has 2 aliphatic heterocycles. The minimum atomic E-state index is -0.667. The summed E-state index contributed by atoms with van der Waals surface area (Å²) in [6.45, 7) is 1.94. The molecule has 2 aliphatic rings. The maximum Gasteiger partial charge on any atom is 0.266 e. The van der Waals surface area contributed by atoms with Crippen LogP contribution in [0.25, 0.3) is 16.6 Å². The Morgan fingerprint density at radius 3 is 2.79 bits per heavy atom. The molecule has 1 amide bonds. The van der Waals surface area contributed by atoms with E-state index in [1.54, 1.807) is 43.3 Å². The number of anilines is 1. The van der Waals surface area contributed by atoms with Crippen LogP contribution in [0.2, 0.25) is 0 Å². The molecule has 0 fully saturated rings. The fourth-order valence-electron chi connectivity index (χ4n) is 4.45. The normalized spacial score (nSPS) is 16.6. The largest absolute Gasteiger partial charge is 0.481 e. The van der Waals surface area contributed by atoms with Crippen LogP contribution in [-0.2, 0) is 11.2 Å². The minimum Gasteiger partial charge on any atom is -0.481 e. The average Bonchev–Trinajstić information content (AvgIpc) is 3.24. The molecule has 1 aromatic heterocycles. The standard InChI is InChI=1S/C26H21N3O5/c1-15-27-21-9-8-18(34-23-10-6-16-4-2-3-5-20(16)28-25(23)30)13-19(21)26(31)29(15)17-7-11-22-24(12-17)33-14-32-22/h2-5,7-9,11-13,23H,6,10,14H2,1H3,(H,28,30). The van der Waals surface area contributed by atoms with Gasteiger partial charge in [0.1, 0.15) is 11.6 Å². The second-order valence-electron chi connectivity index (χ2n) is 8.31. The highest BCUT2D eigenvalue weighted by molar-refractivity contribution is 5.96. The Balaban J connectivity index is 1.34. The summed E-state index contributed by atoms with van der Waals surface area (Å²) in [6, 6.07) is 18.2. The van der Waals surface area contributed by atoms with Crippen LogP contribution < -0.4 is 25.1 Å². The molecule has 0 radical (unpaired) electrons. The number of hydrogen-bond donors (Lipinski definition) is 1. The molecule has 8 nitrogen and oxygen atoms in total. The van der Waals surface area contributed by atoms with Crippen LogP contribution in [0.3, 0.4) is 0 Å². The van der Waals surface area contributed by atoms with Gasteiger partial charge in [-0.25, -0.2) is 4.98 Å². The van der Waals surface area contributed by atoms with E-state index in [-0.39, 0.29) is 18.3 Å². The predicted octanol–water partition coefficient (Wildman–Crippen LogP) is 3.76. The molecule has 34 heavy (non-hydrogen) atoms. The van der Waals surface area contributed by atoms with E-state index in [4.69, 9.17) is 14.2 Å². The highest BCUT2D eigenvalue weighted by Crippen LogP contribution is 2.34. The van der Waals surface area contributed by atoms with Crippen molar-refractivity contribution < 1.29 is 19.0 Å². The lowest BCUT2D eigenvalue weighted by molar-refractivity contribution is -0.122. The maximum absolute atomic E-state index is 13.5. The van der Waals surface area contributed by atoms with Crippen molar-refractivity contribution in [1.82, 2.24) is 9.55 Å². The summed E-state index contributed by atoms with van der Waals surface area (Å²) in [5.41, 5.74) is 2.85. The number of nitrogens with zero attached hydrogens (tertiary/aromatic N) is 2. The molecule has 6 rings (SSSR count). The Labute approximate surface area is 194 Å². The van der Waals surface area contributed by atoms with Gasteiger partial charge in [-0.3, -0.25) is 14.2 Å². The van der Waals surface area contributed by atoms with E-state index in [1.807, 2.05) is 24.3 Å². The molecule has 4 aromatic rings. The van der Waals surface area contributed by atoms with E-state index < -0.39 is 6.10 Å². The highest BCUT2D eigenvalue weighted by atomic mass is 16.7. The van der Waals surface area contributed by atoms with Crippen molar-refractivity contribution in [3.63, 3.8) is 0 Å². The van der Waals surface area contributed by atoms with Gasteiger partial charge in [0.25, 0.3) is 11.5 Å². The number of carbonyl (C=O) groups excluding carboxylic acids is 1. The summed E-state index contributed by atoms with van der Waals surface area (Å²) < 4.78 is 18.4. The molecule has 8 heteroatoms. The molecule has 0 aliphatic carbocycles. The van der Waals surface area contributed by atoms with Crippen LogP contribution in [-0.4, -0.2) is 28.4 Å². The molecular formula is C26H21N3O5. The van der Waals surface area contributed by atoms with Gasteiger partial charge in [-0.1, -0.05) is 18.2 Å². The maximum atomic E-state index is 13.5. The zero-order chi connectivity index (χ0) is 23.2. The van der Waals surface area contributed by atoms with E-state index >= 15 is 0 Å². The van der Waals surface area contributed by atoms with Gasteiger partial charge < -0.3 is 19.5 Å². The lowest BCUT2D eigenvalue weighted by Gasteiger charge is -2.17. The second-order valence-corrected chi connectivity index (χ2v) is 8.31. The van der Waals surface area contributed by atoms with E-state index in [0.29, 0.717) is 52.5 Å². The number of hydrogen-bond acceptors (Lipinski definition) is 6. The Kier molecular flexibility index (Phi) is 4.72. The van der Waals surface area contributed by atoms with Crippen molar-refractivity contribution in [2.75, 3.05) is 12.1 Å². The Morgan fingerprint density at radius 2 is 1.88 bits per heavy atom. The molecule has 3 aromatic carbocycles. The van der Waals surface area contributed by atoms with Gasteiger partial charge in [-0.15, -0.1) is 0 Å². The van der Waals surface area contributed by atoms with Crippen molar-refractivity contribution in [3.05, 3.63) is 82.4 Å². The number of aromatic nitrogens is 2. The van der Waals surface area contributed by atoms with Gasteiger partial charge in [-0.2, -0.15) is 0 Å². The summed E-state index contributed by atoms with van der Waals surface area (Å²) >= 11 is 0. The molecule has 1 atom stereocenters. The summed E-state index contributed by atoms with van der Waals surface area (Å²) in [7, 11) is 0. The first kappa shape index (κ1) is 20.3. The second kappa shape index (κ2) is 7.91. The molecule has 3 heterocycles. The molecule has 1 unspecified atom stereocenters. The van der Waals surface area contributed by atoms with Crippen LogP contribution in [0.1, 0.15) is 17.8 Å². The first-order valence-corrected chi connectivity index (χ1v) is 11.1. The van der Waals surface area contributed by atoms with E-state index in [0.717, 1.165) is 11.3 Å². The van der Waals surface area contributed by atoms with E-state index in [2.05, 4.69) is 10.3 Å². The van der Waals surface area contributed by atoms with Gasteiger partial charge in [-0.05, 0) is 61.7 Å². The van der Waals surface area contributed by atoms with Gasteiger partial charge in [0, 0.05) is 11.8 Å². The molecule has 0 spiro atoms. The zero-order valence-electron chi connectivity index (χ0n) is 18.4. The summed E-state index contributed by atoms with van der Waals surface area (Å²) in [5, 5.41) is 3.34. The van der Waals surface area contributed by atoms with Crippen molar-refractivity contribution in [2.45, 2.75) is 25.9 Å². The average molecular weight is 455 g/mol. The first-order chi connectivity index (χ1) is 16.6. The molecule has 170 valence electrons. The number of rotatable bonds is 3. The van der Waals surface area contributed by atoms with Gasteiger partial charge >= 0.3 is 0 Å². The highest BCUT2D eigenvalue weighted by Gasteiger charge is 2.25. The third-order valence-electron chi connectivity index (χ3n) is 6.14. The van der Waals surface area contributed by atoms with Crippen LogP contribution in [0.4, 0.5) is 5.69 Å². The molecule has 0 saturated heterocycles. The van der Waals surface area contributed by atoms with Crippen LogP contribution in [0.5, 0.6) is 17.2 Å². The summed E-state index contributed by atoms with van der Waals surface area (Å²) in [4.78, 5) is 30.8. The van der Waals surface area contributed by atoms with Gasteiger partial charge in [0.05, 0.1) is 16.6 Å². The lowest BCUT2D eigenvalue weighted by Crippen LogP contribution is -2.31. The number of amides is 1. The Morgan fingerprint density at radius 1 is 1.03 bits per heavy atom. The molecule has 0 saturated carbocycles. The van der Waals surface area contributed by atoms with Crippen molar-refractivity contribution in [3.8, 4) is 22.9 Å². The molecule has 0 bridgehead atoms. The van der Waals surface area contributed by atoms with Crippen molar-refractivity contribution >= 4 is 22.5 Å². The van der Waals surface area contributed by atoms with Crippen LogP contribution >= 0.6 is 0 Å². The van der Waals surface area contributed by atoms with Crippen molar-refractivity contribution in [2.24, 2.45) is 0 Å². The smallest absolute Gasteiger partial charge is 0.266 e. The number of carbonyl (C=O) groups is 1. The number of ether oxygens (including phenoxy) is 3. The number of aryl methyl sites for hydroxylation is 2. The van der Waals surface area contributed by atoms with Crippen LogP contribution in [0, 0.1) is 6.92 Å². The lowest BCUT2D eigenvalue weighted by atomic mass is 10.1. The topological polar surface area (TPSA) is 91.7 Å². The summed E-state index contributed by atoms with van der Waals surface area (Å²) in [5.74, 6) is 2.01. The summed E-state index contributed by atoms with van der Waals surface area (Å²) in [6.07, 6.45) is 0.582. The number of nitrogens with one attached hydrogen (secondary N) is 1. The SMILES string of the molecule is Cc1nc2ccc(OC3CCc4ccccc4NC3=O)cc2c(=O)n1-c1ccc2c(c1)OCO2. The number of benzene rings is 3. The first-order valence-electron chi connectivity index (χ1n) is 11.1. The van der Waals surface area contributed by atoms with Crippen LogP contribution in [0.15, 0.2) is 65.5 Å². The number of fused-ring (bicyclic) bond motifs is 3. The minimum absolute atomic E-state index is 0.156. The predicted molar refractivity (Wildman–Crippen MR) is 126 cm³/mol. The Bertz CT molecular complexity index is 1510. The third-order valence-corrected chi connectivity index (χ3v) is 6.14. The van der Waals surface area contributed by atoms with Gasteiger partial charge in [0.2, 0.25) is 6.79 Å². The fraction of sp³-hybridized carbons (Fsp3) is 0.192. The quantitative estimate of drug-likeness (QED) is 0.506. The van der Waals surface area contributed by atoms with Crippen molar-refractivity contribution in [1.29, 1.82) is 0 Å². The Hall–Kier alpha value is -4.33. The zero-order valence-corrected chi connectivity index (χ0v) is 18.4. The monoisotopic (exact) mass is 455 g/mol.